The summed E-state index contributed by atoms with van der Waals surface area (Å²) in [5.74, 6) is 1.96. The molecule has 2 aliphatic rings. The van der Waals surface area contributed by atoms with Crippen LogP contribution in [0.25, 0.3) is 10.9 Å². The second kappa shape index (κ2) is 9.86. The number of pyridine rings is 1. The Kier molecular flexibility index (Phi) is 6.94. The smallest absolute Gasteiger partial charge is 0.224 e. The number of nitrogens with zero attached hydrogens (tertiary/aromatic N) is 3. The molecule has 2 aromatic rings. The predicted octanol–water partition coefficient (Wildman–Crippen LogP) is 3.60. The van der Waals surface area contributed by atoms with Crippen LogP contribution in [0.4, 0.5) is 11.5 Å². The number of fused-ring (bicyclic) bond motifs is 1. The number of carbonyl (C=O) groups excluding carboxylic acids is 2. The Labute approximate surface area is 190 Å². The number of aromatic nitrogens is 1. The molecule has 0 saturated carbocycles. The van der Waals surface area contributed by atoms with Crippen LogP contribution in [0.5, 0.6) is 0 Å². The topological polar surface area (TPSA) is 74.8 Å². The Bertz CT molecular complexity index is 977. The summed E-state index contributed by atoms with van der Waals surface area (Å²) in [6.07, 6.45) is 1.61. The van der Waals surface area contributed by atoms with Gasteiger partial charge in [-0.15, -0.1) is 0 Å². The number of hydrogen-bond acceptors (Lipinski definition) is 5. The Morgan fingerprint density at radius 3 is 2.53 bits per heavy atom. The third-order valence-corrected chi connectivity index (χ3v) is 6.41. The fourth-order valence-electron chi connectivity index (χ4n) is 4.88. The van der Waals surface area contributed by atoms with E-state index in [1.165, 1.54) is 0 Å². The number of nitrogens with one attached hydrogen (secondary N) is 1. The van der Waals surface area contributed by atoms with Gasteiger partial charge < -0.3 is 19.9 Å². The van der Waals surface area contributed by atoms with Gasteiger partial charge in [0.1, 0.15) is 5.82 Å². The Morgan fingerprint density at radius 1 is 1.09 bits per heavy atom. The number of amides is 2. The molecular weight excluding hydrogens is 404 g/mol. The molecule has 0 spiro atoms. The first-order valence-electron chi connectivity index (χ1n) is 11.7. The van der Waals surface area contributed by atoms with Gasteiger partial charge in [-0.25, -0.2) is 4.98 Å². The van der Waals surface area contributed by atoms with Crippen LogP contribution in [-0.4, -0.2) is 61.1 Å². The summed E-state index contributed by atoms with van der Waals surface area (Å²) >= 11 is 0. The van der Waals surface area contributed by atoms with Crippen molar-refractivity contribution in [1.82, 2.24) is 9.88 Å². The van der Waals surface area contributed by atoms with Gasteiger partial charge in [0, 0.05) is 50.1 Å². The molecule has 2 atom stereocenters. The van der Waals surface area contributed by atoms with Crippen molar-refractivity contribution in [2.24, 2.45) is 11.8 Å². The highest BCUT2D eigenvalue weighted by Crippen LogP contribution is 2.26. The van der Waals surface area contributed by atoms with Crippen LogP contribution in [0.2, 0.25) is 0 Å². The molecule has 172 valence electrons. The Hall–Kier alpha value is -2.67. The number of aryl methyl sites for hydroxylation is 1. The lowest BCUT2D eigenvalue weighted by Crippen LogP contribution is -2.42. The van der Waals surface area contributed by atoms with E-state index in [4.69, 9.17) is 9.72 Å². The van der Waals surface area contributed by atoms with Gasteiger partial charge in [-0.1, -0.05) is 13.8 Å². The van der Waals surface area contributed by atoms with Crippen molar-refractivity contribution in [3.8, 4) is 0 Å². The zero-order valence-electron chi connectivity index (χ0n) is 19.4. The van der Waals surface area contributed by atoms with Gasteiger partial charge in [-0.2, -0.15) is 0 Å². The van der Waals surface area contributed by atoms with Gasteiger partial charge in [0.15, 0.2) is 0 Å². The molecule has 1 aromatic heterocycles. The number of carbonyl (C=O) groups is 2. The maximum Gasteiger partial charge on any atom is 0.224 e. The Morgan fingerprint density at radius 2 is 1.81 bits per heavy atom. The fourth-order valence-corrected chi connectivity index (χ4v) is 4.88. The van der Waals surface area contributed by atoms with Gasteiger partial charge in [-0.05, 0) is 55.0 Å². The average Bonchev–Trinajstić information content (AvgIpc) is 2.77. The lowest BCUT2D eigenvalue weighted by molar-refractivity contribution is -0.135. The molecule has 0 unspecified atom stereocenters. The summed E-state index contributed by atoms with van der Waals surface area (Å²) in [4.78, 5) is 34.0. The minimum Gasteiger partial charge on any atom is -0.378 e. The first-order chi connectivity index (χ1) is 15.4. The van der Waals surface area contributed by atoms with E-state index in [0.717, 1.165) is 73.8 Å². The summed E-state index contributed by atoms with van der Waals surface area (Å²) < 4.78 is 5.44. The predicted molar refractivity (Wildman–Crippen MR) is 127 cm³/mol. The number of benzene rings is 1. The summed E-state index contributed by atoms with van der Waals surface area (Å²) in [5.41, 5.74) is 2.77. The molecular formula is C25H34N4O3. The summed E-state index contributed by atoms with van der Waals surface area (Å²) in [6, 6.07) is 7.89. The highest BCUT2D eigenvalue weighted by Gasteiger charge is 2.25. The number of rotatable bonds is 5. The molecule has 0 bridgehead atoms. The van der Waals surface area contributed by atoms with Gasteiger partial charge in [-0.3, -0.25) is 9.59 Å². The van der Waals surface area contributed by atoms with Crippen molar-refractivity contribution in [3.63, 3.8) is 0 Å². The van der Waals surface area contributed by atoms with E-state index in [1.807, 2.05) is 23.1 Å². The van der Waals surface area contributed by atoms with Crippen LogP contribution in [0.15, 0.2) is 24.3 Å². The first-order valence-corrected chi connectivity index (χ1v) is 11.7. The van der Waals surface area contributed by atoms with Gasteiger partial charge >= 0.3 is 0 Å². The molecule has 7 heteroatoms. The number of piperidine rings is 1. The molecule has 3 heterocycles. The molecule has 2 aliphatic heterocycles. The molecule has 2 amide bonds. The van der Waals surface area contributed by atoms with Gasteiger partial charge in [0.2, 0.25) is 11.8 Å². The van der Waals surface area contributed by atoms with E-state index in [2.05, 4.69) is 37.1 Å². The van der Waals surface area contributed by atoms with E-state index in [-0.39, 0.29) is 24.7 Å². The van der Waals surface area contributed by atoms with Crippen LogP contribution in [0, 0.1) is 18.8 Å². The number of hydrogen-bond donors (Lipinski definition) is 1. The normalized spacial score (nSPS) is 21.6. The second-order valence-electron chi connectivity index (χ2n) is 9.42. The average molecular weight is 439 g/mol. The van der Waals surface area contributed by atoms with Gasteiger partial charge in [0.25, 0.3) is 0 Å². The minimum atomic E-state index is -0.133. The molecule has 7 nitrogen and oxygen atoms in total. The number of ether oxygens (including phenoxy) is 1. The maximum atomic E-state index is 12.6. The molecule has 0 aliphatic carbocycles. The van der Waals surface area contributed by atoms with Crippen LogP contribution in [0.1, 0.15) is 38.7 Å². The van der Waals surface area contributed by atoms with Crippen molar-refractivity contribution in [1.29, 1.82) is 0 Å². The molecule has 1 N–H and O–H groups in total. The van der Waals surface area contributed by atoms with Crippen molar-refractivity contribution in [2.75, 3.05) is 49.6 Å². The molecule has 0 radical (unpaired) electrons. The number of morpholine rings is 1. The molecule has 1 aromatic carbocycles. The monoisotopic (exact) mass is 438 g/mol. The van der Waals surface area contributed by atoms with E-state index < -0.39 is 0 Å². The summed E-state index contributed by atoms with van der Waals surface area (Å²) in [6.45, 7) is 11.2. The summed E-state index contributed by atoms with van der Waals surface area (Å²) in [5, 5.41) is 3.97. The molecule has 32 heavy (non-hydrogen) atoms. The third-order valence-electron chi connectivity index (χ3n) is 6.41. The highest BCUT2D eigenvalue weighted by atomic mass is 16.5. The van der Waals surface area contributed by atoms with Crippen LogP contribution >= 0.6 is 0 Å². The zero-order chi connectivity index (χ0) is 22.7. The van der Waals surface area contributed by atoms with Crippen molar-refractivity contribution in [3.05, 3.63) is 29.8 Å². The van der Waals surface area contributed by atoms with E-state index in [1.54, 1.807) is 0 Å². The van der Waals surface area contributed by atoms with E-state index in [9.17, 15) is 9.59 Å². The lowest BCUT2D eigenvalue weighted by atomic mass is 9.91. The number of likely N-dealkylation sites (tertiary alicyclic amines) is 1. The molecule has 2 saturated heterocycles. The van der Waals surface area contributed by atoms with E-state index in [0.29, 0.717) is 11.8 Å². The SMILES string of the molecule is Cc1cc(N2CCOCC2)nc2ccc(NC(=O)CCC(=O)N3C[C@H](C)C[C@H](C)C3)cc12. The van der Waals surface area contributed by atoms with Crippen molar-refractivity contribution >= 4 is 34.2 Å². The van der Waals surface area contributed by atoms with Crippen LogP contribution in [0.3, 0.4) is 0 Å². The second-order valence-corrected chi connectivity index (χ2v) is 9.42. The third kappa shape index (κ3) is 5.38. The molecule has 2 fully saturated rings. The highest BCUT2D eigenvalue weighted by molar-refractivity contribution is 5.96. The fraction of sp³-hybridized carbons (Fsp3) is 0.560. The van der Waals surface area contributed by atoms with Crippen LogP contribution in [-0.2, 0) is 14.3 Å². The van der Waals surface area contributed by atoms with Crippen molar-refractivity contribution < 1.29 is 14.3 Å². The lowest BCUT2D eigenvalue weighted by Gasteiger charge is -2.35. The number of anilines is 2. The zero-order valence-corrected chi connectivity index (χ0v) is 19.4. The first kappa shape index (κ1) is 22.5. The minimum absolute atomic E-state index is 0.0766. The standard InChI is InChI=1S/C25H34N4O3/c1-17-12-18(2)16-29(15-17)25(31)7-6-24(30)26-20-4-5-22-21(14-20)19(3)13-23(27-22)28-8-10-32-11-9-28/h4-5,13-14,17-18H,6-12,15-16H2,1-3H3,(H,26,30)/t17-,18+. The van der Waals surface area contributed by atoms with Gasteiger partial charge in [0.05, 0.1) is 18.7 Å². The maximum absolute atomic E-state index is 12.6. The quantitative estimate of drug-likeness (QED) is 0.772. The largest absolute Gasteiger partial charge is 0.378 e. The summed E-state index contributed by atoms with van der Waals surface area (Å²) in [7, 11) is 0. The van der Waals surface area contributed by atoms with Crippen LogP contribution < -0.4 is 10.2 Å². The Balaban J connectivity index is 1.36. The van der Waals surface area contributed by atoms with Crippen molar-refractivity contribution in [2.45, 2.75) is 40.0 Å². The van der Waals surface area contributed by atoms with E-state index >= 15 is 0 Å². The molecule has 4 rings (SSSR count).